The fraction of sp³-hybridized carbons (Fsp3) is 0.562. The molecule has 0 aromatic heterocycles. The molecule has 0 radical (unpaired) electrons. The third-order valence-electron chi connectivity index (χ3n) is 4.38. The molecule has 0 unspecified atom stereocenters. The minimum absolute atomic E-state index is 0.184. The Labute approximate surface area is 133 Å². The van der Waals surface area contributed by atoms with Crippen LogP contribution >= 0.6 is 0 Å². The molecule has 120 valence electrons. The Bertz CT molecular complexity index is 527. The molecule has 0 heterocycles. The highest BCUT2D eigenvalue weighted by molar-refractivity contribution is 6.91. The minimum atomic E-state index is -1.79. The summed E-state index contributed by atoms with van der Waals surface area (Å²) in [5, 5.41) is 5.29. The van der Waals surface area contributed by atoms with E-state index in [2.05, 4.69) is 42.2 Å². The molecule has 0 aliphatic rings. The van der Waals surface area contributed by atoms with E-state index in [0.29, 0.717) is 19.4 Å². The van der Waals surface area contributed by atoms with E-state index < -0.39 is 8.07 Å². The molecule has 0 saturated heterocycles. The summed E-state index contributed by atoms with van der Waals surface area (Å²) in [6.07, 6.45) is 0.828. The van der Waals surface area contributed by atoms with Gasteiger partial charge in [0.2, 0.25) is 0 Å². The lowest BCUT2D eigenvalue weighted by molar-refractivity contribution is -0.143. The van der Waals surface area contributed by atoms with Crippen molar-refractivity contribution in [3.63, 3.8) is 0 Å². The van der Waals surface area contributed by atoms with Crippen molar-refractivity contribution >= 4 is 19.2 Å². The number of hydrogen-bond acceptors (Lipinski definition) is 3. The SMILES string of the molecule is CCOC(=O)CC[C@H](N=[N+]=[N-])[C@H](C)[Si](C)(C)c1ccccc1. The summed E-state index contributed by atoms with van der Waals surface area (Å²) in [5.41, 5.74) is 9.08. The number of nitrogens with zero attached hydrogens (tertiary/aromatic N) is 3. The third kappa shape index (κ3) is 4.89. The van der Waals surface area contributed by atoms with Crippen molar-refractivity contribution in [3.8, 4) is 0 Å². The number of hydrogen-bond donors (Lipinski definition) is 0. The van der Waals surface area contributed by atoms with Crippen molar-refractivity contribution in [3.05, 3.63) is 40.8 Å². The zero-order valence-electron chi connectivity index (χ0n) is 13.8. The van der Waals surface area contributed by atoms with Crippen molar-refractivity contribution < 1.29 is 9.53 Å². The maximum absolute atomic E-state index is 11.5. The second-order valence-electron chi connectivity index (χ2n) is 5.99. The molecule has 1 aromatic carbocycles. The molecule has 0 fully saturated rings. The van der Waals surface area contributed by atoms with Crippen molar-refractivity contribution in [1.29, 1.82) is 0 Å². The standard InChI is InChI=1S/C16H25N3O2Si/c1-5-21-16(20)12-11-15(18-19-17)13(2)22(3,4)14-9-7-6-8-10-14/h6-10,13,15H,5,11-12H2,1-4H3/t13-,15-/m0/s1. The molecule has 0 N–H and O–H groups in total. The van der Waals surface area contributed by atoms with Crippen LogP contribution in [0.3, 0.4) is 0 Å². The summed E-state index contributed by atoms with van der Waals surface area (Å²) >= 11 is 0. The molecule has 0 aliphatic carbocycles. The van der Waals surface area contributed by atoms with Crippen LogP contribution in [0.2, 0.25) is 18.6 Å². The fourth-order valence-electron chi connectivity index (χ4n) is 2.58. The van der Waals surface area contributed by atoms with Gasteiger partial charge in [-0.05, 0) is 24.4 Å². The highest BCUT2D eigenvalue weighted by atomic mass is 28.3. The van der Waals surface area contributed by atoms with E-state index in [9.17, 15) is 4.79 Å². The smallest absolute Gasteiger partial charge is 0.305 e. The molecule has 0 bridgehead atoms. The lowest BCUT2D eigenvalue weighted by Crippen LogP contribution is -2.48. The first-order chi connectivity index (χ1) is 10.4. The normalized spacial score (nSPS) is 13.8. The van der Waals surface area contributed by atoms with Gasteiger partial charge in [-0.2, -0.15) is 0 Å². The van der Waals surface area contributed by atoms with Crippen molar-refractivity contribution in [2.45, 2.75) is 51.4 Å². The summed E-state index contributed by atoms with van der Waals surface area (Å²) in [7, 11) is -1.79. The van der Waals surface area contributed by atoms with Gasteiger partial charge in [0.15, 0.2) is 0 Å². The largest absolute Gasteiger partial charge is 0.466 e. The van der Waals surface area contributed by atoms with E-state index >= 15 is 0 Å². The Morgan fingerprint density at radius 1 is 1.36 bits per heavy atom. The first-order valence-electron chi connectivity index (χ1n) is 7.68. The molecule has 1 aromatic rings. The van der Waals surface area contributed by atoms with E-state index in [1.807, 2.05) is 18.2 Å². The zero-order valence-corrected chi connectivity index (χ0v) is 14.8. The molecular weight excluding hydrogens is 294 g/mol. The van der Waals surface area contributed by atoms with Gasteiger partial charge in [-0.1, -0.05) is 60.7 Å². The van der Waals surface area contributed by atoms with Gasteiger partial charge in [0.25, 0.3) is 0 Å². The molecule has 5 nitrogen and oxygen atoms in total. The molecule has 0 amide bonds. The molecule has 0 aliphatic heterocycles. The van der Waals surface area contributed by atoms with Crippen LogP contribution in [-0.2, 0) is 9.53 Å². The fourth-order valence-corrected chi connectivity index (χ4v) is 5.36. The van der Waals surface area contributed by atoms with E-state index in [4.69, 9.17) is 10.3 Å². The lowest BCUT2D eigenvalue weighted by atomic mass is 10.1. The Balaban J connectivity index is 2.86. The number of azide groups is 1. The van der Waals surface area contributed by atoms with E-state index in [1.165, 1.54) is 5.19 Å². The van der Waals surface area contributed by atoms with Crippen LogP contribution in [0.1, 0.15) is 26.7 Å². The van der Waals surface area contributed by atoms with Crippen molar-refractivity contribution in [2.24, 2.45) is 5.11 Å². The number of ether oxygens (including phenoxy) is 1. The van der Waals surface area contributed by atoms with Crippen molar-refractivity contribution in [1.82, 2.24) is 0 Å². The summed E-state index contributed by atoms with van der Waals surface area (Å²) in [6, 6.07) is 10.2. The van der Waals surface area contributed by atoms with Gasteiger partial charge in [-0.3, -0.25) is 4.79 Å². The van der Waals surface area contributed by atoms with Crippen LogP contribution in [0.4, 0.5) is 0 Å². The topological polar surface area (TPSA) is 75.1 Å². The molecular formula is C16H25N3O2Si. The van der Waals surface area contributed by atoms with Gasteiger partial charge in [-0.25, -0.2) is 0 Å². The summed E-state index contributed by atoms with van der Waals surface area (Å²) in [4.78, 5) is 14.5. The number of carbonyl (C=O) groups excluding carboxylic acids is 1. The van der Waals surface area contributed by atoms with Gasteiger partial charge in [0.05, 0.1) is 14.7 Å². The molecule has 1 rings (SSSR count). The average molecular weight is 319 g/mol. The number of carbonyl (C=O) groups is 1. The number of rotatable bonds is 8. The molecule has 0 spiro atoms. The summed E-state index contributed by atoms with van der Waals surface area (Å²) < 4.78 is 4.96. The van der Waals surface area contributed by atoms with Crippen LogP contribution in [0.15, 0.2) is 35.4 Å². The minimum Gasteiger partial charge on any atom is -0.466 e. The second-order valence-corrected chi connectivity index (χ2v) is 10.9. The Kier molecular flexibility index (Phi) is 7.15. The second kappa shape index (κ2) is 8.61. The van der Waals surface area contributed by atoms with Crippen LogP contribution < -0.4 is 5.19 Å². The van der Waals surface area contributed by atoms with Crippen LogP contribution in [-0.4, -0.2) is 26.7 Å². The highest BCUT2D eigenvalue weighted by Crippen LogP contribution is 2.30. The molecule has 22 heavy (non-hydrogen) atoms. The van der Waals surface area contributed by atoms with Crippen LogP contribution in [0.25, 0.3) is 10.4 Å². The van der Waals surface area contributed by atoms with E-state index in [0.717, 1.165) is 0 Å². The monoisotopic (exact) mass is 319 g/mol. The first-order valence-corrected chi connectivity index (χ1v) is 10.8. The van der Waals surface area contributed by atoms with Crippen LogP contribution in [0.5, 0.6) is 0 Å². The Hall–Kier alpha value is -1.78. The van der Waals surface area contributed by atoms with Gasteiger partial charge in [-0.15, -0.1) is 0 Å². The zero-order chi connectivity index (χ0) is 16.6. The predicted molar refractivity (Wildman–Crippen MR) is 91.8 cm³/mol. The molecule has 6 heteroatoms. The lowest BCUT2D eigenvalue weighted by Gasteiger charge is -2.34. The van der Waals surface area contributed by atoms with Crippen LogP contribution in [0, 0.1) is 0 Å². The predicted octanol–water partition coefficient (Wildman–Crippen LogP) is 4.01. The quantitative estimate of drug-likeness (QED) is 0.239. The number of esters is 1. The first kappa shape index (κ1) is 18.3. The summed E-state index contributed by atoms with van der Waals surface area (Å²) in [6.45, 7) is 8.85. The molecule has 2 atom stereocenters. The van der Waals surface area contributed by atoms with Gasteiger partial charge < -0.3 is 4.74 Å². The number of benzene rings is 1. The van der Waals surface area contributed by atoms with E-state index in [1.54, 1.807) is 6.92 Å². The Morgan fingerprint density at radius 2 is 2.00 bits per heavy atom. The highest BCUT2D eigenvalue weighted by Gasteiger charge is 2.35. The van der Waals surface area contributed by atoms with E-state index in [-0.39, 0.29) is 17.6 Å². The molecule has 0 saturated carbocycles. The third-order valence-corrected chi connectivity index (χ3v) is 8.87. The van der Waals surface area contributed by atoms with Gasteiger partial charge in [0.1, 0.15) is 0 Å². The average Bonchev–Trinajstić information content (AvgIpc) is 2.52. The summed E-state index contributed by atoms with van der Waals surface area (Å²) in [5.74, 6) is -0.230. The maximum Gasteiger partial charge on any atom is 0.305 e. The Morgan fingerprint density at radius 3 is 2.55 bits per heavy atom. The van der Waals surface area contributed by atoms with Gasteiger partial charge in [0, 0.05) is 17.4 Å². The van der Waals surface area contributed by atoms with Gasteiger partial charge >= 0.3 is 5.97 Å². The maximum atomic E-state index is 11.5. The van der Waals surface area contributed by atoms with Crippen molar-refractivity contribution in [2.75, 3.05) is 6.61 Å².